The van der Waals surface area contributed by atoms with Crippen LogP contribution in [0, 0.1) is 17.8 Å². The topological polar surface area (TPSA) is 95.9 Å². The number of hydrogen-bond acceptors (Lipinski definition) is 5. The van der Waals surface area contributed by atoms with Crippen LogP contribution in [-0.2, 0) is 14.4 Å². The van der Waals surface area contributed by atoms with Crippen molar-refractivity contribution in [3.63, 3.8) is 0 Å². The summed E-state index contributed by atoms with van der Waals surface area (Å²) in [5.74, 6) is -2.30. The molecule has 1 aromatic carbocycles. The van der Waals surface area contributed by atoms with E-state index in [1.54, 1.807) is 7.11 Å². The first-order chi connectivity index (χ1) is 16.5. The van der Waals surface area contributed by atoms with E-state index in [0.29, 0.717) is 12.2 Å². The van der Waals surface area contributed by atoms with Crippen molar-refractivity contribution in [1.82, 2.24) is 10.2 Å². The Labute approximate surface area is 201 Å². The largest absolute Gasteiger partial charge is 0.496 e. The summed E-state index contributed by atoms with van der Waals surface area (Å²) in [5.41, 5.74) is -0.702. The van der Waals surface area contributed by atoms with E-state index in [4.69, 9.17) is 4.74 Å². The van der Waals surface area contributed by atoms with Crippen LogP contribution in [-0.4, -0.2) is 46.5 Å². The van der Waals surface area contributed by atoms with E-state index in [9.17, 15) is 19.5 Å². The lowest BCUT2D eigenvalue weighted by Gasteiger charge is -2.37. The molecule has 0 spiro atoms. The van der Waals surface area contributed by atoms with Gasteiger partial charge in [0, 0.05) is 17.6 Å². The number of aliphatic carboxylic acids is 1. The number of likely N-dealkylation sites (tertiary alicyclic amines) is 1. The van der Waals surface area contributed by atoms with E-state index in [0.717, 1.165) is 63.4 Å². The second kappa shape index (κ2) is 9.33. The summed E-state index contributed by atoms with van der Waals surface area (Å²) in [4.78, 5) is 42.4. The molecule has 2 aliphatic carbocycles. The van der Waals surface area contributed by atoms with Crippen molar-refractivity contribution in [2.24, 2.45) is 17.8 Å². The van der Waals surface area contributed by atoms with Gasteiger partial charge in [0.05, 0.1) is 18.9 Å². The van der Waals surface area contributed by atoms with Gasteiger partial charge in [-0.15, -0.1) is 0 Å². The minimum atomic E-state index is -1.45. The molecule has 2 N–H and O–H groups in total. The first-order valence-corrected chi connectivity index (χ1v) is 13.0. The Balaban J connectivity index is 1.59. The molecule has 2 amide bonds. The summed E-state index contributed by atoms with van der Waals surface area (Å²) in [6.07, 6.45) is 10.4. The third-order valence-corrected chi connectivity index (χ3v) is 8.82. The van der Waals surface area contributed by atoms with Crippen molar-refractivity contribution in [1.29, 1.82) is 0 Å². The molecule has 4 unspecified atom stereocenters. The van der Waals surface area contributed by atoms with Crippen LogP contribution in [0.3, 0.4) is 0 Å². The number of methoxy groups -OCH3 is 1. The van der Waals surface area contributed by atoms with Gasteiger partial charge in [-0.05, 0) is 31.2 Å². The van der Waals surface area contributed by atoms with E-state index in [1.807, 2.05) is 24.3 Å². The van der Waals surface area contributed by atoms with Crippen molar-refractivity contribution in [2.45, 2.75) is 88.3 Å². The summed E-state index contributed by atoms with van der Waals surface area (Å²) in [6.45, 7) is 0. The molecular formula is C27H36N2O5. The summed E-state index contributed by atoms with van der Waals surface area (Å²) in [7, 11) is 1.58. The van der Waals surface area contributed by atoms with E-state index in [2.05, 4.69) is 5.32 Å². The molecule has 7 heteroatoms. The van der Waals surface area contributed by atoms with Crippen molar-refractivity contribution in [2.75, 3.05) is 7.11 Å². The van der Waals surface area contributed by atoms with Crippen LogP contribution < -0.4 is 10.1 Å². The number of carbonyl (C=O) groups excluding carboxylic acids is 2. The highest BCUT2D eigenvalue weighted by Gasteiger charge is 2.69. The first-order valence-electron chi connectivity index (χ1n) is 13.0. The maximum atomic E-state index is 14.0. The molecule has 2 heterocycles. The lowest BCUT2D eigenvalue weighted by molar-refractivity contribution is -0.153. The van der Waals surface area contributed by atoms with Crippen LogP contribution >= 0.6 is 0 Å². The Morgan fingerprint density at radius 1 is 1.03 bits per heavy atom. The predicted molar refractivity (Wildman–Crippen MR) is 126 cm³/mol. The van der Waals surface area contributed by atoms with Crippen LogP contribution in [0.5, 0.6) is 5.75 Å². The summed E-state index contributed by atoms with van der Waals surface area (Å²) in [6, 6.07) is 6.75. The fourth-order valence-corrected chi connectivity index (χ4v) is 7.23. The number of rotatable bonds is 6. The molecule has 0 aromatic heterocycles. The van der Waals surface area contributed by atoms with Gasteiger partial charge >= 0.3 is 5.97 Å². The van der Waals surface area contributed by atoms with Gasteiger partial charge in [0.15, 0.2) is 0 Å². The van der Waals surface area contributed by atoms with E-state index in [-0.39, 0.29) is 23.8 Å². The molecule has 2 aliphatic heterocycles. The third kappa shape index (κ3) is 3.72. The number of nitrogens with one attached hydrogen (secondary N) is 1. The summed E-state index contributed by atoms with van der Waals surface area (Å²) >= 11 is 0. The highest BCUT2D eigenvalue weighted by molar-refractivity contribution is 6.09. The zero-order chi connectivity index (χ0) is 23.9. The maximum Gasteiger partial charge on any atom is 0.324 e. The number of carboxylic acid groups (broad SMARTS) is 1. The van der Waals surface area contributed by atoms with Gasteiger partial charge in [-0.3, -0.25) is 24.6 Å². The number of para-hydroxylation sites is 1. The number of hydrogen-bond donors (Lipinski definition) is 2. The van der Waals surface area contributed by atoms with E-state index < -0.39 is 29.4 Å². The fraction of sp³-hybridized carbons (Fsp3) is 0.667. The lowest BCUT2D eigenvalue weighted by Crippen LogP contribution is -2.57. The molecule has 2 saturated carbocycles. The Bertz CT molecular complexity index is 952. The second-order valence-electron chi connectivity index (χ2n) is 10.7. The van der Waals surface area contributed by atoms with Gasteiger partial charge in [-0.2, -0.15) is 0 Å². The van der Waals surface area contributed by atoms with Crippen molar-refractivity contribution >= 4 is 17.8 Å². The van der Waals surface area contributed by atoms with Gasteiger partial charge < -0.3 is 9.84 Å². The summed E-state index contributed by atoms with van der Waals surface area (Å²) < 4.78 is 5.59. The maximum absolute atomic E-state index is 14.0. The summed E-state index contributed by atoms with van der Waals surface area (Å²) in [5, 5.41) is 14.0. The molecule has 0 radical (unpaired) electrons. The number of amides is 2. The number of ether oxygens (including phenoxy) is 1. The number of benzene rings is 1. The zero-order valence-electron chi connectivity index (χ0n) is 20.0. The molecule has 2 saturated heterocycles. The molecule has 0 bridgehead atoms. The lowest BCUT2D eigenvalue weighted by atomic mass is 9.72. The number of carboxylic acids is 1. The van der Waals surface area contributed by atoms with Gasteiger partial charge in [-0.1, -0.05) is 69.6 Å². The average molecular weight is 469 g/mol. The van der Waals surface area contributed by atoms with Gasteiger partial charge in [0.25, 0.3) is 0 Å². The quantitative estimate of drug-likeness (QED) is 0.611. The first kappa shape index (κ1) is 23.3. The second-order valence-corrected chi connectivity index (χ2v) is 10.7. The minimum absolute atomic E-state index is 0.112. The van der Waals surface area contributed by atoms with Crippen molar-refractivity contribution in [3.05, 3.63) is 29.8 Å². The normalized spacial score (nSPS) is 32.7. The number of imide groups is 1. The third-order valence-electron chi connectivity index (χ3n) is 8.82. The molecule has 34 heavy (non-hydrogen) atoms. The SMILES string of the molecule is COc1ccccc1C1NC(CC2CCCCC2)(C(=O)O)C2C(=O)N(C3CCCCC3)C(=O)C12. The smallest absolute Gasteiger partial charge is 0.324 e. The zero-order valence-corrected chi connectivity index (χ0v) is 20.0. The molecule has 4 aliphatic rings. The van der Waals surface area contributed by atoms with Gasteiger partial charge in [0.2, 0.25) is 11.8 Å². The Hall–Kier alpha value is -2.41. The van der Waals surface area contributed by atoms with Gasteiger partial charge in [-0.25, -0.2) is 0 Å². The van der Waals surface area contributed by atoms with Gasteiger partial charge in [0.1, 0.15) is 11.3 Å². The van der Waals surface area contributed by atoms with E-state index >= 15 is 0 Å². The van der Waals surface area contributed by atoms with Crippen molar-refractivity contribution < 1.29 is 24.2 Å². The van der Waals surface area contributed by atoms with Crippen LogP contribution in [0.25, 0.3) is 0 Å². The fourth-order valence-electron chi connectivity index (χ4n) is 7.23. The Morgan fingerprint density at radius 3 is 2.32 bits per heavy atom. The number of fused-ring (bicyclic) bond motifs is 1. The minimum Gasteiger partial charge on any atom is -0.496 e. The van der Waals surface area contributed by atoms with Crippen molar-refractivity contribution in [3.8, 4) is 5.75 Å². The van der Waals surface area contributed by atoms with Crippen LogP contribution in [0.4, 0.5) is 0 Å². The molecule has 184 valence electrons. The Kier molecular flexibility index (Phi) is 6.40. The molecule has 5 rings (SSSR count). The Morgan fingerprint density at radius 2 is 1.68 bits per heavy atom. The molecule has 7 nitrogen and oxygen atoms in total. The molecule has 4 fully saturated rings. The predicted octanol–water partition coefficient (Wildman–Crippen LogP) is 4.07. The standard InChI is InChI=1S/C27H36N2O5/c1-34-20-15-9-8-14-19(20)23-21-22(25(31)29(24(21)30)18-12-6-3-7-13-18)27(28-23,26(32)33)16-17-10-4-2-5-11-17/h8-9,14-15,17-18,21-23,28H,2-7,10-13,16H2,1H3,(H,32,33). The van der Waals surface area contributed by atoms with Crippen LogP contribution in [0.1, 0.15) is 82.2 Å². The highest BCUT2D eigenvalue weighted by atomic mass is 16.5. The highest BCUT2D eigenvalue weighted by Crippen LogP contribution is 2.54. The number of nitrogens with zero attached hydrogens (tertiary/aromatic N) is 1. The monoisotopic (exact) mass is 468 g/mol. The molecular weight excluding hydrogens is 432 g/mol. The van der Waals surface area contributed by atoms with Crippen LogP contribution in [0.2, 0.25) is 0 Å². The molecule has 1 aromatic rings. The molecule has 4 atom stereocenters. The van der Waals surface area contributed by atoms with E-state index in [1.165, 1.54) is 11.3 Å². The van der Waals surface area contributed by atoms with Crippen LogP contribution in [0.15, 0.2) is 24.3 Å². The average Bonchev–Trinajstić information content (AvgIpc) is 3.34. The number of carbonyl (C=O) groups is 3.